The van der Waals surface area contributed by atoms with Crippen molar-refractivity contribution in [1.29, 1.82) is 0 Å². The number of H-pyrrole nitrogens is 1. The first kappa shape index (κ1) is 16.7. The first-order chi connectivity index (χ1) is 12.9. The molecular formula is C16H9F3N6O2. The van der Waals surface area contributed by atoms with Crippen molar-refractivity contribution in [3.8, 4) is 11.4 Å². The standard InChI is InChI=1S/C16H9F3N6O2/c17-16(18,19)15-23-13(25-27-15)8-2-1-3-9(4-8)14(26)22-11-5-10-6-21-24-12(10)20-7-11/h1-7H,(H,22,26)(H,20,21,24). The molecule has 0 radical (unpaired) electrons. The molecular weight excluding hydrogens is 365 g/mol. The minimum atomic E-state index is -4.74. The number of carbonyl (C=O) groups excluding carboxylic acids is 1. The molecule has 0 saturated heterocycles. The van der Waals surface area contributed by atoms with E-state index < -0.39 is 18.0 Å². The number of pyridine rings is 1. The van der Waals surface area contributed by atoms with Gasteiger partial charge in [0.2, 0.25) is 5.82 Å². The molecule has 27 heavy (non-hydrogen) atoms. The van der Waals surface area contributed by atoms with Crippen molar-refractivity contribution < 1.29 is 22.5 Å². The van der Waals surface area contributed by atoms with Gasteiger partial charge in [-0.3, -0.25) is 9.89 Å². The van der Waals surface area contributed by atoms with Crippen molar-refractivity contribution in [3.05, 3.63) is 54.2 Å². The first-order valence-corrected chi connectivity index (χ1v) is 7.52. The van der Waals surface area contributed by atoms with Gasteiger partial charge in [0.25, 0.3) is 5.91 Å². The molecule has 0 aliphatic carbocycles. The Bertz CT molecular complexity index is 1130. The summed E-state index contributed by atoms with van der Waals surface area (Å²) in [6.45, 7) is 0. The highest BCUT2D eigenvalue weighted by Crippen LogP contribution is 2.29. The van der Waals surface area contributed by atoms with E-state index in [-0.39, 0.29) is 17.0 Å². The Hall–Kier alpha value is -3.76. The molecule has 3 heterocycles. The number of halogens is 3. The second-order valence-corrected chi connectivity index (χ2v) is 5.49. The van der Waals surface area contributed by atoms with E-state index in [0.717, 1.165) is 0 Å². The molecule has 0 aliphatic heterocycles. The third-order valence-corrected chi connectivity index (χ3v) is 3.60. The number of hydrogen-bond acceptors (Lipinski definition) is 6. The molecule has 11 heteroatoms. The van der Waals surface area contributed by atoms with Crippen LogP contribution in [0.5, 0.6) is 0 Å². The largest absolute Gasteiger partial charge is 0.471 e. The van der Waals surface area contributed by atoms with Gasteiger partial charge in [0.1, 0.15) is 0 Å². The zero-order chi connectivity index (χ0) is 19.0. The van der Waals surface area contributed by atoms with Crippen molar-refractivity contribution >= 4 is 22.6 Å². The van der Waals surface area contributed by atoms with Crippen LogP contribution in [0.2, 0.25) is 0 Å². The number of alkyl halides is 3. The SMILES string of the molecule is O=C(Nc1cnc2[nH]ncc2c1)c1cccc(-c2noc(C(F)(F)F)n2)c1. The number of fused-ring (bicyclic) bond motifs is 1. The Morgan fingerprint density at radius 1 is 1.19 bits per heavy atom. The number of hydrogen-bond donors (Lipinski definition) is 2. The average Bonchev–Trinajstić information content (AvgIpc) is 3.30. The summed E-state index contributed by atoms with van der Waals surface area (Å²) in [7, 11) is 0. The third-order valence-electron chi connectivity index (χ3n) is 3.60. The highest BCUT2D eigenvalue weighted by Gasteiger charge is 2.38. The molecule has 4 rings (SSSR count). The summed E-state index contributed by atoms with van der Waals surface area (Å²) < 4.78 is 42.0. The smallest absolute Gasteiger partial charge is 0.329 e. The molecule has 0 bridgehead atoms. The molecule has 0 unspecified atom stereocenters. The monoisotopic (exact) mass is 374 g/mol. The van der Waals surface area contributed by atoms with Crippen molar-refractivity contribution in [2.45, 2.75) is 6.18 Å². The fourth-order valence-corrected chi connectivity index (χ4v) is 2.36. The van der Waals surface area contributed by atoms with E-state index in [0.29, 0.717) is 16.7 Å². The molecule has 2 N–H and O–H groups in total. The maximum atomic E-state index is 12.6. The van der Waals surface area contributed by atoms with E-state index in [1.165, 1.54) is 30.5 Å². The van der Waals surface area contributed by atoms with Gasteiger partial charge in [-0.1, -0.05) is 17.3 Å². The Morgan fingerprint density at radius 3 is 2.81 bits per heavy atom. The number of aromatic amines is 1. The van der Waals surface area contributed by atoms with Crippen LogP contribution in [0, 0.1) is 0 Å². The lowest BCUT2D eigenvalue weighted by Gasteiger charge is -2.06. The third kappa shape index (κ3) is 3.34. The lowest BCUT2D eigenvalue weighted by Crippen LogP contribution is -2.12. The molecule has 0 spiro atoms. The van der Waals surface area contributed by atoms with Crippen LogP contribution in [-0.2, 0) is 6.18 Å². The Balaban J connectivity index is 1.58. The number of benzene rings is 1. The van der Waals surface area contributed by atoms with Crippen LogP contribution in [0.4, 0.5) is 18.9 Å². The normalized spacial score (nSPS) is 11.7. The molecule has 0 atom stereocenters. The predicted octanol–water partition coefficient (Wildman–Crippen LogP) is 3.28. The van der Waals surface area contributed by atoms with E-state index in [2.05, 4.69) is 35.2 Å². The molecule has 8 nitrogen and oxygen atoms in total. The van der Waals surface area contributed by atoms with Crippen LogP contribution >= 0.6 is 0 Å². The van der Waals surface area contributed by atoms with Crippen LogP contribution in [0.25, 0.3) is 22.4 Å². The predicted molar refractivity (Wildman–Crippen MR) is 86.6 cm³/mol. The van der Waals surface area contributed by atoms with E-state index in [1.54, 1.807) is 12.3 Å². The second kappa shape index (κ2) is 6.20. The van der Waals surface area contributed by atoms with Crippen LogP contribution in [0.3, 0.4) is 0 Å². The van der Waals surface area contributed by atoms with Gasteiger partial charge in [0, 0.05) is 16.5 Å². The van der Waals surface area contributed by atoms with Crippen LogP contribution < -0.4 is 5.32 Å². The Morgan fingerprint density at radius 2 is 2.04 bits per heavy atom. The Kier molecular flexibility index (Phi) is 3.83. The van der Waals surface area contributed by atoms with Crippen molar-refractivity contribution in [1.82, 2.24) is 25.3 Å². The number of carbonyl (C=O) groups is 1. The molecule has 0 fully saturated rings. The molecule has 1 aromatic carbocycles. The van der Waals surface area contributed by atoms with E-state index in [4.69, 9.17) is 0 Å². The topological polar surface area (TPSA) is 110 Å². The molecule has 136 valence electrons. The quantitative estimate of drug-likeness (QED) is 0.570. The van der Waals surface area contributed by atoms with Gasteiger partial charge in [0.05, 0.1) is 18.1 Å². The van der Waals surface area contributed by atoms with Crippen molar-refractivity contribution in [2.75, 3.05) is 5.32 Å². The molecule has 4 aromatic rings. The maximum absolute atomic E-state index is 12.6. The van der Waals surface area contributed by atoms with Gasteiger partial charge < -0.3 is 9.84 Å². The van der Waals surface area contributed by atoms with Crippen LogP contribution in [0.1, 0.15) is 16.2 Å². The molecule has 0 saturated carbocycles. The van der Waals surface area contributed by atoms with E-state index >= 15 is 0 Å². The number of nitrogens with one attached hydrogen (secondary N) is 2. The van der Waals surface area contributed by atoms with Gasteiger partial charge in [-0.15, -0.1) is 0 Å². The van der Waals surface area contributed by atoms with Crippen LogP contribution in [-0.4, -0.2) is 31.2 Å². The summed E-state index contributed by atoms with van der Waals surface area (Å²) in [5.74, 6) is -2.19. The Labute approximate surface area is 148 Å². The number of aromatic nitrogens is 5. The zero-order valence-electron chi connectivity index (χ0n) is 13.3. The summed E-state index contributed by atoms with van der Waals surface area (Å²) in [4.78, 5) is 19.8. The van der Waals surface area contributed by atoms with Crippen LogP contribution in [0.15, 0.2) is 47.2 Å². The second-order valence-electron chi connectivity index (χ2n) is 5.49. The fraction of sp³-hybridized carbons (Fsp3) is 0.0625. The first-order valence-electron chi connectivity index (χ1n) is 7.52. The van der Waals surface area contributed by atoms with E-state index in [9.17, 15) is 18.0 Å². The summed E-state index contributed by atoms with van der Waals surface area (Å²) in [5, 5.41) is 13.2. The summed E-state index contributed by atoms with van der Waals surface area (Å²) in [6.07, 6.45) is -1.72. The number of nitrogens with zero attached hydrogens (tertiary/aromatic N) is 4. The zero-order valence-corrected chi connectivity index (χ0v) is 13.3. The van der Waals surface area contributed by atoms with E-state index in [1.807, 2.05) is 0 Å². The average molecular weight is 374 g/mol. The minimum absolute atomic E-state index is 0.207. The lowest BCUT2D eigenvalue weighted by molar-refractivity contribution is -0.159. The minimum Gasteiger partial charge on any atom is -0.329 e. The summed E-state index contributed by atoms with van der Waals surface area (Å²) >= 11 is 0. The van der Waals surface area contributed by atoms with Gasteiger partial charge >= 0.3 is 12.1 Å². The van der Waals surface area contributed by atoms with Gasteiger partial charge in [-0.2, -0.15) is 23.3 Å². The number of rotatable bonds is 3. The highest BCUT2D eigenvalue weighted by atomic mass is 19.4. The van der Waals surface area contributed by atoms with Gasteiger partial charge in [0.15, 0.2) is 5.65 Å². The van der Waals surface area contributed by atoms with Crippen molar-refractivity contribution in [3.63, 3.8) is 0 Å². The number of amides is 1. The lowest BCUT2D eigenvalue weighted by atomic mass is 10.1. The number of anilines is 1. The maximum Gasteiger partial charge on any atom is 0.471 e. The van der Waals surface area contributed by atoms with Gasteiger partial charge in [-0.25, -0.2) is 4.98 Å². The molecule has 1 amide bonds. The highest BCUT2D eigenvalue weighted by molar-refractivity contribution is 6.05. The van der Waals surface area contributed by atoms with Crippen molar-refractivity contribution in [2.24, 2.45) is 0 Å². The molecule has 0 aliphatic rings. The van der Waals surface area contributed by atoms with Gasteiger partial charge in [-0.05, 0) is 18.2 Å². The fourth-order valence-electron chi connectivity index (χ4n) is 2.36. The molecule has 3 aromatic heterocycles. The summed E-state index contributed by atoms with van der Waals surface area (Å²) in [5.41, 5.74) is 1.44. The summed E-state index contributed by atoms with van der Waals surface area (Å²) in [6, 6.07) is 7.53.